The van der Waals surface area contributed by atoms with Crippen molar-refractivity contribution in [2.75, 3.05) is 0 Å². The number of hydrogen-bond donors (Lipinski definition) is 2. The zero-order chi connectivity index (χ0) is 20.5. The Kier molecular flexibility index (Phi) is 5.21. The molecule has 5 nitrogen and oxygen atoms in total. The minimum Gasteiger partial charge on any atom is -0.406 e. The van der Waals surface area contributed by atoms with E-state index in [9.17, 15) is 26.7 Å². The Hall–Kier alpha value is -3.17. The van der Waals surface area contributed by atoms with E-state index in [1.165, 1.54) is 30.3 Å². The molecule has 0 aliphatic heterocycles. The summed E-state index contributed by atoms with van der Waals surface area (Å²) in [6.45, 7) is 1.65. The van der Waals surface area contributed by atoms with Gasteiger partial charge in [0.2, 0.25) is 0 Å². The quantitative estimate of drug-likeness (QED) is 0.601. The number of fused-ring (bicyclic) bond motifs is 1. The highest BCUT2D eigenvalue weighted by Crippen LogP contribution is 2.25. The van der Waals surface area contributed by atoms with Crippen LogP contribution in [0.1, 0.15) is 41.1 Å². The van der Waals surface area contributed by atoms with Crippen LogP contribution in [0.15, 0.2) is 42.5 Å². The molecule has 10 heteroatoms. The van der Waals surface area contributed by atoms with E-state index < -0.39 is 30.6 Å². The molecule has 0 spiro atoms. The van der Waals surface area contributed by atoms with Crippen molar-refractivity contribution in [1.82, 2.24) is 15.3 Å². The van der Waals surface area contributed by atoms with E-state index in [1.807, 2.05) is 0 Å². The van der Waals surface area contributed by atoms with Crippen LogP contribution in [0.4, 0.5) is 22.0 Å². The summed E-state index contributed by atoms with van der Waals surface area (Å²) in [4.78, 5) is 18.6. The van der Waals surface area contributed by atoms with Gasteiger partial charge in [-0.05, 0) is 42.8 Å². The van der Waals surface area contributed by atoms with Gasteiger partial charge in [0.1, 0.15) is 5.75 Å². The Labute approximate surface area is 155 Å². The maximum absolute atomic E-state index is 12.7. The normalized spacial score (nSPS) is 13.0. The third-order valence-corrected chi connectivity index (χ3v) is 3.93. The van der Waals surface area contributed by atoms with E-state index >= 15 is 0 Å². The number of halogens is 5. The number of ether oxygens (including phenoxy) is 1. The molecule has 3 aromatic rings. The summed E-state index contributed by atoms with van der Waals surface area (Å²) in [6.07, 6.45) is -7.54. The number of nitrogens with zero attached hydrogens (tertiary/aromatic N) is 1. The highest BCUT2D eigenvalue weighted by atomic mass is 19.4. The summed E-state index contributed by atoms with van der Waals surface area (Å²) in [5.41, 5.74) is 1.38. The van der Waals surface area contributed by atoms with E-state index in [2.05, 4.69) is 20.0 Å². The Balaban J connectivity index is 1.70. The molecular formula is C18H14F5N3O2. The van der Waals surface area contributed by atoms with Crippen molar-refractivity contribution in [1.29, 1.82) is 0 Å². The van der Waals surface area contributed by atoms with E-state index in [1.54, 1.807) is 6.92 Å². The van der Waals surface area contributed by atoms with Gasteiger partial charge in [0.15, 0.2) is 5.82 Å². The smallest absolute Gasteiger partial charge is 0.406 e. The van der Waals surface area contributed by atoms with Crippen LogP contribution in [0.2, 0.25) is 0 Å². The highest BCUT2D eigenvalue weighted by molar-refractivity contribution is 5.97. The average molecular weight is 399 g/mol. The zero-order valence-corrected chi connectivity index (χ0v) is 14.3. The van der Waals surface area contributed by atoms with Crippen molar-refractivity contribution >= 4 is 16.9 Å². The van der Waals surface area contributed by atoms with Gasteiger partial charge in [-0.15, -0.1) is 13.2 Å². The molecule has 0 aliphatic rings. The van der Waals surface area contributed by atoms with Crippen molar-refractivity contribution in [3.8, 4) is 5.75 Å². The van der Waals surface area contributed by atoms with Crippen LogP contribution in [-0.4, -0.2) is 22.2 Å². The number of carbonyl (C=O) groups is 1. The van der Waals surface area contributed by atoms with E-state index in [-0.39, 0.29) is 11.3 Å². The summed E-state index contributed by atoms with van der Waals surface area (Å²) in [5.74, 6) is -1.32. The van der Waals surface area contributed by atoms with Crippen molar-refractivity contribution in [2.24, 2.45) is 0 Å². The first-order valence-electron chi connectivity index (χ1n) is 8.07. The lowest BCUT2D eigenvalue weighted by atomic mass is 10.1. The second-order valence-electron chi connectivity index (χ2n) is 5.97. The largest absolute Gasteiger partial charge is 0.573 e. The number of benzene rings is 2. The fourth-order valence-electron chi connectivity index (χ4n) is 2.60. The fraction of sp³-hybridized carbons (Fsp3) is 0.222. The number of aromatic amines is 1. The molecule has 0 bridgehead atoms. The molecule has 148 valence electrons. The number of alkyl halides is 5. The van der Waals surface area contributed by atoms with Gasteiger partial charge < -0.3 is 15.0 Å². The second kappa shape index (κ2) is 7.45. The predicted octanol–water partition coefficient (Wildman–Crippen LogP) is 4.89. The molecule has 0 saturated heterocycles. The van der Waals surface area contributed by atoms with Gasteiger partial charge in [-0.25, -0.2) is 13.8 Å². The van der Waals surface area contributed by atoms with Crippen LogP contribution in [0, 0.1) is 0 Å². The monoisotopic (exact) mass is 399 g/mol. The number of nitrogens with one attached hydrogen (secondary N) is 2. The van der Waals surface area contributed by atoms with Gasteiger partial charge in [-0.3, -0.25) is 4.79 Å². The van der Waals surface area contributed by atoms with Crippen LogP contribution in [0.25, 0.3) is 11.0 Å². The maximum Gasteiger partial charge on any atom is 0.573 e. The Bertz CT molecular complexity index is 983. The lowest BCUT2D eigenvalue weighted by molar-refractivity contribution is -0.274. The number of carbonyl (C=O) groups excluding carboxylic acids is 1. The molecule has 1 atom stereocenters. The lowest BCUT2D eigenvalue weighted by Crippen LogP contribution is -2.26. The Morgan fingerprint density at radius 1 is 1.14 bits per heavy atom. The molecule has 0 aliphatic carbocycles. The van der Waals surface area contributed by atoms with E-state index in [0.29, 0.717) is 16.6 Å². The summed E-state index contributed by atoms with van der Waals surface area (Å²) in [5, 5.41) is 2.69. The second-order valence-corrected chi connectivity index (χ2v) is 5.97. The van der Waals surface area contributed by atoms with E-state index in [0.717, 1.165) is 12.1 Å². The van der Waals surface area contributed by atoms with Gasteiger partial charge in [0.25, 0.3) is 12.3 Å². The van der Waals surface area contributed by atoms with Crippen LogP contribution in [0.3, 0.4) is 0 Å². The summed E-state index contributed by atoms with van der Waals surface area (Å²) >= 11 is 0. The van der Waals surface area contributed by atoms with Crippen molar-refractivity contribution in [2.45, 2.75) is 25.8 Å². The summed E-state index contributed by atoms with van der Waals surface area (Å²) in [6, 6.07) is 8.87. The first-order chi connectivity index (χ1) is 13.1. The molecule has 3 rings (SSSR count). The molecule has 0 saturated carbocycles. The predicted molar refractivity (Wildman–Crippen MR) is 90.1 cm³/mol. The zero-order valence-electron chi connectivity index (χ0n) is 14.3. The molecule has 0 fully saturated rings. The van der Waals surface area contributed by atoms with Crippen LogP contribution in [-0.2, 0) is 0 Å². The lowest BCUT2D eigenvalue weighted by Gasteiger charge is -2.15. The fourth-order valence-corrected chi connectivity index (χ4v) is 2.60. The summed E-state index contributed by atoms with van der Waals surface area (Å²) < 4.78 is 65.8. The highest BCUT2D eigenvalue weighted by Gasteiger charge is 2.31. The third kappa shape index (κ3) is 4.56. The summed E-state index contributed by atoms with van der Waals surface area (Å²) in [7, 11) is 0. The Morgan fingerprint density at radius 2 is 1.82 bits per heavy atom. The number of hydrogen-bond acceptors (Lipinski definition) is 3. The molecule has 0 radical (unpaired) electrons. The first-order valence-corrected chi connectivity index (χ1v) is 8.07. The molecule has 1 heterocycles. The molecule has 1 unspecified atom stereocenters. The van der Waals surface area contributed by atoms with Crippen molar-refractivity contribution in [3.63, 3.8) is 0 Å². The minimum atomic E-state index is -4.78. The molecule has 2 aromatic carbocycles. The van der Waals surface area contributed by atoms with Gasteiger partial charge in [0, 0.05) is 5.56 Å². The number of H-pyrrole nitrogens is 1. The molecule has 1 aromatic heterocycles. The Morgan fingerprint density at radius 3 is 2.43 bits per heavy atom. The maximum atomic E-state index is 12.7. The number of imidazole rings is 1. The topological polar surface area (TPSA) is 67.0 Å². The third-order valence-electron chi connectivity index (χ3n) is 3.93. The van der Waals surface area contributed by atoms with Crippen molar-refractivity contribution in [3.05, 3.63) is 59.4 Å². The SMILES string of the molecule is CC(NC(=O)c1ccc2nc(C(F)F)[nH]c2c1)c1ccc(OC(F)(F)F)cc1. The van der Waals surface area contributed by atoms with E-state index in [4.69, 9.17) is 0 Å². The minimum absolute atomic E-state index is 0.223. The van der Waals surface area contributed by atoms with Crippen molar-refractivity contribution < 1.29 is 31.5 Å². The number of amides is 1. The van der Waals surface area contributed by atoms with Gasteiger partial charge in [0.05, 0.1) is 17.1 Å². The van der Waals surface area contributed by atoms with Gasteiger partial charge in [-0.1, -0.05) is 12.1 Å². The van der Waals surface area contributed by atoms with Gasteiger partial charge >= 0.3 is 6.36 Å². The number of aromatic nitrogens is 2. The standard InChI is InChI=1S/C18H14F5N3O2/c1-9(10-2-5-12(6-3-10)28-18(21,22)23)24-17(27)11-4-7-13-14(8-11)26-16(25-13)15(19)20/h2-9,15H,1H3,(H,24,27)(H,25,26). The van der Waals surface area contributed by atoms with Gasteiger partial charge in [-0.2, -0.15) is 0 Å². The van der Waals surface area contributed by atoms with Crippen LogP contribution < -0.4 is 10.1 Å². The van der Waals surface area contributed by atoms with Crippen LogP contribution >= 0.6 is 0 Å². The molecule has 2 N–H and O–H groups in total. The molecular weight excluding hydrogens is 385 g/mol. The molecule has 1 amide bonds. The van der Waals surface area contributed by atoms with Crippen LogP contribution in [0.5, 0.6) is 5.75 Å². The average Bonchev–Trinajstić information content (AvgIpc) is 3.04. The molecule has 28 heavy (non-hydrogen) atoms. The first kappa shape index (κ1) is 19.6. The number of rotatable bonds is 5.